The van der Waals surface area contributed by atoms with Gasteiger partial charge in [-0.3, -0.25) is 14.5 Å². The fourth-order valence-electron chi connectivity index (χ4n) is 6.29. The van der Waals surface area contributed by atoms with E-state index in [1.807, 2.05) is 57.2 Å². The predicted octanol–water partition coefficient (Wildman–Crippen LogP) is 5.31. The van der Waals surface area contributed by atoms with E-state index in [0.29, 0.717) is 69.3 Å². The van der Waals surface area contributed by atoms with Gasteiger partial charge >= 0.3 is 12.2 Å². The highest BCUT2D eigenvalue weighted by molar-refractivity contribution is 7.21. The minimum Gasteiger partial charge on any atom is -0.444 e. The summed E-state index contributed by atoms with van der Waals surface area (Å²) in [5.74, 6) is -0.387. The molecule has 2 aliphatic heterocycles. The summed E-state index contributed by atoms with van der Waals surface area (Å²) in [5, 5.41) is 3.81. The first-order chi connectivity index (χ1) is 24.5. The highest BCUT2D eigenvalue weighted by Gasteiger charge is 2.41. The van der Waals surface area contributed by atoms with Gasteiger partial charge < -0.3 is 35.2 Å². The Labute approximate surface area is 310 Å². The van der Waals surface area contributed by atoms with E-state index in [0.717, 1.165) is 40.0 Å². The Bertz CT molecular complexity index is 1760. The number of hydrogen-bond acceptors (Lipinski definition) is 10. The number of ether oxygens (including phenoxy) is 2. The smallest absolute Gasteiger partial charge is 0.411 e. The second-order valence-corrected chi connectivity index (χ2v) is 16.3. The number of rotatable bonds is 8. The zero-order valence-corrected chi connectivity index (χ0v) is 32.3. The first-order valence-corrected chi connectivity index (χ1v) is 18.9. The van der Waals surface area contributed by atoms with Gasteiger partial charge in [-0.05, 0) is 84.2 Å². The first-order valence-electron chi connectivity index (χ1n) is 18.1. The predicted molar refractivity (Wildman–Crippen MR) is 204 cm³/mol. The van der Waals surface area contributed by atoms with Crippen LogP contribution in [-0.2, 0) is 27.1 Å². The van der Waals surface area contributed by atoms with Crippen molar-refractivity contribution < 1.29 is 28.7 Å². The molecule has 1 atom stereocenters. The van der Waals surface area contributed by atoms with E-state index in [2.05, 4.69) is 22.1 Å². The molecule has 3 aromatic rings. The summed E-state index contributed by atoms with van der Waals surface area (Å²) in [6.07, 6.45) is 1.58. The number of amides is 4. The molecule has 4 amide bonds. The number of aryl methyl sites for hydroxylation is 1. The van der Waals surface area contributed by atoms with Gasteiger partial charge in [0.05, 0.1) is 5.69 Å². The molecule has 0 spiro atoms. The molecule has 1 aromatic carbocycles. The highest BCUT2D eigenvalue weighted by atomic mass is 32.1. The molecule has 3 N–H and O–H groups in total. The minimum absolute atomic E-state index is 0.178. The number of thiophene rings is 1. The lowest BCUT2D eigenvalue weighted by Crippen LogP contribution is -2.63. The number of nitrogen functional groups attached to an aromatic ring is 1. The second kappa shape index (κ2) is 16.0. The summed E-state index contributed by atoms with van der Waals surface area (Å²) in [6.45, 7) is 15.9. The van der Waals surface area contributed by atoms with Gasteiger partial charge in [0.1, 0.15) is 27.0 Å². The number of pyridine rings is 1. The van der Waals surface area contributed by atoms with Gasteiger partial charge in [0, 0.05) is 69.1 Å². The van der Waals surface area contributed by atoms with Crippen LogP contribution < -0.4 is 16.0 Å². The molecule has 0 aliphatic carbocycles. The molecule has 0 radical (unpaired) electrons. The third-order valence-corrected chi connectivity index (χ3v) is 10.0. The Morgan fingerprint density at radius 1 is 0.846 bits per heavy atom. The molecule has 5 rings (SSSR count). The van der Waals surface area contributed by atoms with E-state index in [9.17, 15) is 19.2 Å². The number of hydrogen-bond donors (Lipinski definition) is 2. The van der Waals surface area contributed by atoms with Crippen molar-refractivity contribution in [1.82, 2.24) is 25.0 Å². The van der Waals surface area contributed by atoms with E-state index in [1.54, 1.807) is 30.6 Å². The van der Waals surface area contributed by atoms with E-state index in [1.165, 1.54) is 16.2 Å². The number of piperazine rings is 2. The van der Waals surface area contributed by atoms with Crippen LogP contribution >= 0.6 is 11.3 Å². The summed E-state index contributed by atoms with van der Waals surface area (Å²) in [7, 11) is 0. The van der Waals surface area contributed by atoms with Gasteiger partial charge in [-0.1, -0.05) is 25.5 Å². The Hall–Kier alpha value is -4.59. The highest BCUT2D eigenvalue weighted by Crippen LogP contribution is 2.33. The second-order valence-electron chi connectivity index (χ2n) is 15.4. The number of anilines is 2. The first kappa shape index (κ1) is 38.6. The van der Waals surface area contributed by atoms with Crippen molar-refractivity contribution in [2.75, 3.05) is 63.0 Å². The summed E-state index contributed by atoms with van der Waals surface area (Å²) in [4.78, 5) is 65.9. The molecule has 0 saturated carbocycles. The average Bonchev–Trinajstić information content (AvgIpc) is 3.42. The van der Waals surface area contributed by atoms with Crippen molar-refractivity contribution >= 4 is 56.9 Å². The van der Waals surface area contributed by atoms with Crippen molar-refractivity contribution in [3.8, 4) is 0 Å². The largest absolute Gasteiger partial charge is 0.444 e. The number of carbonyl (C=O) groups is 4. The van der Waals surface area contributed by atoms with Crippen LogP contribution in [0.5, 0.6) is 0 Å². The topological polar surface area (TPSA) is 151 Å². The lowest BCUT2D eigenvalue weighted by atomic mass is 10.1. The molecule has 2 aliphatic rings. The minimum atomic E-state index is -0.763. The molecule has 0 bridgehead atoms. The molecule has 52 heavy (non-hydrogen) atoms. The normalized spacial score (nSPS) is 16.9. The Balaban J connectivity index is 1.20. The fourth-order valence-corrected chi connectivity index (χ4v) is 7.32. The number of nitrogens with zero attached hydrogens (tertiary/aromatic N) is 5. The molecular formula is C38H53N7O6S. The molecule has 13 nitrogen and oxygen atoms in total. The Morgan fingerprint density at radius 3 is 2.12 bits per heavy atom. The maximum absolute atomic E-state index is 14.0. The van der Waals surface area contributed by atoms with Gasteiger partial charge in [-0.15, -0.1) is 11.3 Å². The standard InChI is InChI=1S/C38H53N7O6S/c1-8-9-26-12-15-28-30(39)31(52-33(28)41-26)32(46)40-17-16-25-10-13-27(14-11-25)44-22-23-45(36(49)51-38(5,6)7)29(24-44)34(47)42-18-20-43(21-19-42)35(48)50-37(2,3)4/h10-15,29H,8-9,16-24,39H2,1-7H3,(H,40,46)/t29-/m0/s1. The van der Waals surface area contributed by atoms with Gasteiger partial charge in [0.15, 0.2) is 0 Å². The molecule has 14 heteroatoms. The summed E-state index contributed by atoms with van der Waals surface area (Å²) < 4.78 is 11.2. The quantitative estimate of drug-likeness (QED) is 0.314. The van der Waals surface area contributed by atoms with Crippen molar-refractivity contribution in [3.05, 3.63) is 52.5 Å². The van der Waals surface area contributed by atoms with Crippen molar-refractivity contribution in [2.24, 2.45) is 0 Å². The van der Waals surface area contributed by atoms with Crippen molar-refractivity contribution in [3.63, 3.8) is 0 Å². The van der Waals surface area contributed by atoms with Crippen LogP contribution in [0, 0.1) is 0 Å². The van der Waals surface area contributed by atoms with Crippen LogP contribution in [0.2, 0.25) is 0 Å². The van der Waals surface area contributed by atoms with E-state index < -0.39 is 29.4 Å². The van der Waals surface area contributed by atoms with Gasteiger partial charge in [-0.25, -0.2) is 14.6 Å². The molecule has 2 fully saturated rings. The molecular weight excluding hydrogens is 683 g/mol. The van der Waals surface area contributed by atoms with Gasteiger partial charge in [0.25, 0.3) is 5.91 Å². The number of benzene rings is 1. The monoisotopic (exact) mass is 735 g/mol. The summed E-state index contributed by atoms with van der Waals surface area (Å²) in [6, 6.07) is 11.2. The van der Waals surface area contributed by atoms with E-state index >= 15 is 0 Å². The third-order valence-electron chi connectivity index (χ3n) is 8.90. The third kappa shape index (κ3) is 9.64. The zero-order valence-electron chi connectivity index (χ0n) is 31.5. The van der Waals surface area contributed by atoms with Crippen LogP contribution in [0.25, 0.3) is 10.2 Å². The number of carbonyl (C=O) groups excluding carboxylic acids is 4. The fraction of sp³-hybridized carbons (Fsp3) is 0.553. The number of nitrogens with two attached hydrogens (primary N) is 1. The van der Waals surface area contributed by atoms with E-state index in [-0.39, 0.29) is 11.8 Å². The van der Waals surface area contributed by atoms with E-state index in [4.69, 9.17) is 15.2 Å². The Morgan fingerprint density at radius 2 is 1.48 bits per heavy atom. The Kier molecular flexibility index (Phi) is 11.9. The number of fused-ring (bicyclic) bond motifs is 1. The van der Waals surface area contributed by atoms with Gasteiger partial charge in [0.2, 0.25) is 5.91 Å². The molecule has 0 unspecified atom stereocenters. The van der Waals surface area contributed by atoms with Crippen LogP contribution in [0.1, 0.15) is 75.8 Å². The molecule has 282 valence electrons. The maximum Gasteiger partial charge on any atom is 0.411 e. The van der Waals surface area contributed by atoms with Gasteiger partial charge in [-0.2, -0.15) is 0 Å². The van der Waals surface area contributed by atoms with Crippen LogP contribution in [0.15, 0.2) is 36.4 Å². The van der Waals surface area contributed by atoms with Crippen LogP contribution in [-0.4, -0.2) is 113 Å². The van der Waals surface area contributed by atoms with Crippen LogP contribution in [0.3, 0.4) is 0 Å². The molecule has 2 saturated heterocycles. The maximum atomic E-state index is 14.0. The number of aromatic nitrogens is 1. The number of nitrogens with one attached hydrogen (secondary N) is 1. The summed E-state index contributed by atoms with van der Waals surface area (Å²) in [5.41, 5.74) is 8.43. The SMILES string of the molecule is CCCc1ccc2c(N)c(C(=O)NCCc3ccc(N4CCN(C(=O)OC(C)(C)C)[C@H](C(=O)N5CCN(C(=O)OC(C)(C)C)CC5)C4)cc3)sc2n1. The van der Waals surface area contributed by atoms with Crippen LogP contribution in [0.4, 0.5) is 21.0 Å². The average molecular weight is 736 g/mol. The molecule has 2 aromatic heterocycles. The zero-order chi connectivity index (χ0) is 37.8. The van der Waals surface area contributed by atoms with Crippen molar-refractivity contribution in [2.45, 2.75) is 85.0 Å². The molecule has 4 heterocycles. The lowest BCUT2D eigenvalue weighted by Gasteiger charge is -2.44. The lowest BCUT2D eigenvalue weighted by molar-refractivity contribution is -0.139. The summed E-state index contributed by atoms with van der Waals surface area (Å²) >= 11 is 1.32. The van der Waals surface area contributed by atoms with Crippen molar-refractivity contribution in [1.29, 1.82) is 0 Å².